The van der Waals surface area contributed by atoms with Crippen molar-refractivity contribution in [3.63, 3.8) is 0 Å². The maximum atomic E-state index is 6.11. The van der Waals surface area contributed by atoms with Crippen molar-refractivity contribution in [2.45, 2.75) is 0 Å². The smallest absolute Gasteiger partial charge is 0.150 e. The average Bonchev–Trinajstić information content (AvgIpc) is 2.76. The van der Waals surface area contributed by atoms with Crippen molar-refractivity contribution in [1.29, 1.82) is 0 Å². The summed E-state index contributed by atoms with van der Waals surface area (Å²) in [6.45, 7) is 3.20. The Morgan fingerprint density at radius 2 is 1.82 bits per heavy atom. The molecule has 1 N–H and O–H groups in total. The van der Waals surface area contributed by atoms with E-state index in [-0.39, 0.29) is 0 Å². The number of benzene rings is 2. The van der Waals surface area contributed by atoms with E-state index in [1.165, 1.54) is 0 Å². The molecule has 6 nitrogen and oxygen atoms in total. The zero-order valence-corrected chi connectivity index (χ0v) is 15.8. The molecule has 0 radical (unpaired) electrons. The van der Waals surface area contributed by atoms with Crippen LogP contribution in [0.2, 0.25) is 0 Å². The van der Waals surface area contributed by atoms with E-state index in [1.807, 2.05) is 54.6 Å². The van der Waals surface area contributed by atoms with Crippen LogP contribution in [0.25, 0.3) is 0 Å². The number of ether oxygens (including phenoxy) is 3. The van der Waals surface area contributed by atoms with E-state index in [2.05, 4.69) is 21.3 Å². The molecule has 0 atom stereocenters. The number of rotatable bonds is 6. The van der Waals surface area contributed by atoms with Crippen LogP contribution in [-0.4, -0.2) is 38.4 Å². The fourth-order valence-corrected chi connectivity index (χ4v) is 3.10. The molecular formula is C22H23N3O3. The maximum Gasteiger partial charge on any atom is 0.150 e. The lowest BCUT2D eigenvalue weighted by Crippen LogP contribution is -2.36. The lowest BCUT2D eigenvalue weighted by molar-refractivity contribution is 0.122. The van der Waals surface area contributed by atoms with Crippen LogP contribution in [0.15, 0.2) is 66.9 Å². The van der Waals surface area contributed by atoms with Crippen molar-refractivity contribution < 1.29 is 14.2 Å². The summed E-state index contributed by atoms with van der Waals surface area (Å²) in [6, 6.07) is 19.6. The molecule has 1 aromatic heterocycles. The van der Waals surface area contributed by atoms with Gasteiger partial charge >= 0.3 is 0 Å². The van der Waals surface area contributed by atoms with Crippen LogP contribution in [0.1, 0.15) is 0 Å². The normalized spacial score (nSPS) is 13.8. The molecular weight excluding hydrogens is 354 g/mol. The Balaban J connectivity index is 1.46. The van der Waals surface area contributed by atoms with Gasteiger partial charge in [0.2, 0.25) is 0 Å². The van der Waals surface area contributed by atoms with Crippen LogP contribution in [0.5, 0.6) is 17.2 Å². The topological polar surface area (TPSA) is 55.8 Å². The minimum Gasteiger partial charge on any atom is -0.497 e. The molecule has 0 saturated carbocycles. The predicted octanol–water partition coefficient (Wildman–Crippen LogP) is 4.46. The van der Waals surface area contributed by atoms with Gasteiger partial charge in [-0.1, -0.05) is 18.2 Å². The molecule has 2 heterocycles. The Hall–Kier alpha value is -3.25. The molecule has 6 heteroatoms. The Kier molecular flexibility index (Phi) is 5.58. The minimum atomic E-state index is 0.692. The van der Waals surface area contributed by atoms with Gasteiger partial charge in [0.15, 0.2) is 5.75 Å². The Morgan fingerprint density at radius 3 is 2.61 bits per heavy atom. The van der Waals surface area contributed by atoms with E-state index >= 15 is 0 Å². The highest BCUT2D eigenvalue weighted by molar-refractivity contribution is 5.61. The number of morpholine rings is 1. The van der Waals surface area contributed by atoms with Gasteiger partial charge in [0.1, 0.15) is 17.3 Å². The first-order chi connectivity index (χ1) is 13.8. The van der Waals surface area contributed by atoms with Crippen molar-refractivity contribution in [1.82, 2.24) is 4.98 Å². The second-order valence-corrected chi connectivity index (χ2v) is 6.41. The average molecular weight is 377 g/mol. The summed E-state index contributed by atoms with van der Waals surface area (Å²) in [5.74, 6) is 3.04. The van der Waals surface area contributed by atoms with Gasteiger partial charge < -0.3 is 24.4 Å². The summed E-state index contributed by atoms with van der Waals surface area (Å²) in [6.07, 6.45) is 1.72. The quantitative estimate of drug-likeness (QED) is 0.684. The highest BCUT2D eigenvalue weighted by Gasteiger charge is 2.15. The van der Waals surface area contributed by atoms with E-state index in [9.17, 15) is 0 Å². The third-order valence-corrected chi connectivity index (χ3v) is 4.52. The van der Waals surface area contributed by atoms with Crippen LogP contribution in [0.3, 0.4) is 0 Å². The van der Waals surface area contributed by atoms with Crippen LogP contribution in [0, 0.1) is 0 Å². The van der Waals surface area contributed by atoms with Gasteiger partial charge in [-0.05, 0) is 36.4 Å². The van der Waals surface area contributed by atoms with E-state index in [0.717, 1.165) is 55.0 Å². The molecule has 2 aromatic carbocycles. The number of nitrogens with one attached hydrogen (secondary N) is 1. The molecule has 28 heavy (non-hydrogen) atoms. The number of aromatic nitrogens is 1. The van der Waals surface area contributed by atoms with Crippen LogP contribution >= 0.6 is 0 Å². The number of hydrogen-bond acceptors (Lipinski definition) is 6. The molecule has 1 aliphatic heterocycles. The fourth-order valence-electron chi connectivity index (χ4n) is 3.10. The third-order valence-electron chi connectivity index (χ3n) is 4.52. The standard InChI is InChI=1S/C22H23N3O3/c1-26-18-6-4-5-17(15-18)24-22-10-9-19(16-23-22)28-21-8-3-2-7-20(21)25-11-13-27-14-12-25/h2-10,15-16H,11-14H2,1H3,(H,23,24). The molecule has 1 fully saturated rings. The van der Waals surface area contributed by atoms with E-state index in [4.69, 9.17) is 14.2 Å². The summed E-state index contributed by atoms with van der Waals surface area (Å²) in [7, 11) is 1.65. The van der Waals surface area contributed by atoms with Gasteiger partial charge in [-0.2, -0.15) is 0 Å². The molecule has 4 rings (SSSR count). The molecule has 0 unspecified atom stereocenters. The number of para-hydroxylation sites is 2. The van der Waals surface area contributed by atoms with Gasteiger partial charge in [0.05, 0.1) is 32.2 Å². The monoisotopic (exact) mass is 377 g/mol. The van der Waals surface area contributed by atoms with Gasteiger partial charge in [-0.3, -0.25) is 0 Å². The summed E-state index contributed by atoms with van der Waals surface area (Å²) in [5.41, 5.74) is 1.99. The summed E-state index contributed by atoms with van der Waals surface area (Å²) in [4.78, 5) is 6.74. The second-order valence-electron chi connectivity index (χ2n) is 6.41. The first-order valence-electron chi connectivity index (χ1n) is 9.28. The Bertz CT molecular complexity index is 909. The molecule has 0 aliphatic carbocycles. The highest BCUT2D eigenvalue weighted by Crippen LogP contribution is 2.32. The van der Waals surface area contributed by atoms with Crippen LogP contribution in [0.4, 0.5) is 17.2 Å². The van der Waals surface area contributed by atoms with E-state index in [1.54, 1.807) is 13.3 Å². The molecule has 144 valence electrons. The van der Waals surface area contributed by atoms with Crippen molar-refractivity contribution in [3.05, 3.63) is 66.9 Å². The maximum absolute atomic E-state index is 6.11. The Morgan fingerprint density at radius 1 is 0.964 bits per heavy atom. The number of hydrogen-bond donors (Lipinski definition) is 1. The van der Waals surface area contributed by atoms with Gasteiger partial charge in [0, 0.05) is 24.8 Å². The lowest BCUT2D eigenvalue weighted by atomic mass is 10.2. The van der Waals surface area contributed by atoms with Crippen molar-refractivity contribution >= 4 is 17.2 Å². The van der Waals surface area contributed by atoms with Gasteiger partial charge in [-0.15, -0.1) is 0 Å². The largest absolute Gasteiger partial charge is 0.497 e. The number of nitrogens with zero attached hydrogens (tertiary/aromatic N) is 2. The zero-order chi connectivity index (χ0) is 19.2. The SMILES string of the molecule is COc1cccc(Nc2ccc(Oc3ccccc3N3CCOCC3)cn2)c1. The molecule has 1 aliphatic rings. The first kappa shape index (κ1) is 18.1. The van der Waals surface area contributed by atoms with Crippen molar-refractivity contribution in [2.24, 2.45) is 0 Å². The van der Waals surface area contributed by atoms with E-state index in [0.29, 0.717) is 5.75 Å². The number of methoxy groups -OCH3 is 1. The van der Waals surface area contributed by atoms with Crippen molar-refractivity contribution in [2.75, 3.05) is 43.6 Å². The Labute approximate surface area is 164 Å². The first-order valence-corrected chi connectivity index (χ1v) is 9.28. The van der Waals surface area contributed by atoms with Gasteiger partial charge in [0.25, 0.3) is 0 Å². The lowest BCUT2D eigenvalue weighted by Gasteiger charge is -2.30. The molecule has 3 aromatic rings. The number of anilines is 3. The minimum absolute atomic E-state index is 0.692. The summed E-state index contributed by atoms with van der Waals surface area (Å²) >= 11 is 0. The van der Waals surface area contributed by atoms with Crippen molar-refractivity contribution in [3.8, 4) is 17.2 Å². The van der Waals surface area contributed by atoms with Gasteiger partial charge in [-0.25, -0.2) is 4.98 Å². The zero-order valence-electron chi connectivity index (χ0n) is 15.8. The van der Waals surface area contributed by atoms with E-state index < -0.39 is 0 Å². The molecule has 0 amide bonds. The van der Waals surface area contributed by atoms with Crippen LogP contribution in [-0.2, 0) is 4.74 Å². The summed E-state index contributed by atoms with van der Waals surface area (Å²) in [5, 5.41) is 3.26. The molecule has 1 saturated heterocycles. The van der Waals surface area contributed by atoms with Crippen LogP contribution < -0.4 is 19.7 Å². The fraction of sp³-hybridized carbons (Fsp3) is 0.227. The summed E-state index contributed by atoms with van der Waals surface area (Å²) < 4.78 is 16.8. The second kappa shape index (κ2) is 8.63. The third kappa shape index (κ3) is 4.35. The number of pyridine rings is 1. The molecule has 0 spiro atoms. The predicted molar refractivity (Wildman–Crippen MR) is 110 cm³/mol. The highest BCUT2D eigenvalue weighted by atomic mass is 16.5. The molecule has 0 bridgehead atoms.